The maximum atomic E-state index is 12.7. The second kappa shape index (κ2) is 7.63. The minimum Gasteiger partial charge on any atom is -0.337 e. The van der Waals surface area contributed by atoms with Gasteiger partial charge >= 0.3 is 6.03 Å². The number of thiophene rings is 1. The molecule has 1 atom stereocenters. The number of nitrogens with one attached hydrogen (secondary N) is 1. The zero-order valence-electron chi connectivity index (χ0n) is 13.9. The molecule has 2 amide bonds. The van der Waals surface area contributed by atoms with E-state index in [1.807, 2.05) is 31.3 Å². The fraction of sp³-hybridized carbons (Fsp3) is 0.667. The molecule has 1 N–H and O–H groups in total. The lowest BCUT2D eigenvalue weighted by molar-refractivity contribution is 0.186. The number of nitrogens with zero attached hydrogens (tertiary/aromatic N) is 2. The highest BCUT2D eigenvalue weighted by Crippen LogP contribution is 2.28. The van der Waals surface area contributed by atoms with Gasteiger partial charge in [0, 0.05) is 26.2 Å². The number of piperidine rings is 1. The van der Waals surface area contributed by atoms with Gasteiger partial charge in [-0.25, -0.2) is 13.2 Å². The van der Waals surface area contributed by atoms with Crippen molar-refractivity contribution in [3.63, 3.8) is 0 Å². The van der Waals surface area contributed by atoms with Crippen molar-refractivity contribution < 1.29 is 13.2 Å². The van der Waals surface area contributed by atoms with Crippen LogP contribution < -0.4 is 5.32 Å². The number of sulfone groups is 1. The van der Waals surface area contributed by atoms with Crippen molar-refractivity contribution in [3.8, 4) is 0 Å². The van der Waals surface area contributed by atoms with Crippen LogP contribution in [0.15, 0.2) is 15.7 Å². The number of hydrogen-bond acceptors (Lipinski definition) is 5. The summed E-state index contributed by atoms with van der Waals surface area (Å²) in [6.45, 7) is 4.09. The highest BCUT2D eigenvalue weighted by molar-refractivity contribution is 7.94. The van der Waals surface area contributed by atoms with E-state index < -0.39 is 15.1 Å². The lowest BCUT2D eigenvalue weighted by Crippen LogP contribution is -2.49. The number of rotatable bonds is 5. The molecule has 8 heteroatoms. The molecule has 0 spiro atoms. The summed E-state index contributed by atoms with van der Waals surface area (Å²) >= 11 is 1.26. The number of carbonyl (C=O) groups is 1. The Morgan fingerprint density at radius 3 is 2.83 bits per heavy atom. The highest BCUT2D eigenvalue weighted by atomic mass is 32.2. The van der Waals surface area contributed by atoms with Gasteiger partial charge in [0.1, 0.15) is 4.21 Å². The van der Waals surface area contributed by atoms with Crippen molar-refractivity contribution in [2.24, 2.45) is 0 Å². The van der Waals surface area contributed by atoms with Crippen LogP contribution in [-0.4, -0.2) is 69.8 Å². The van der Waals surface area contributed by atoms with E-state index in [0.717, 1.165) is 18.5 Å². The molecule has 1 aliphatic heterocycles. The molecule has 1 aromatic heterocycles. The highest BCUT2D eigenvalue weighted by Gasteiger charge is 2.34. The molecule has 0 radical (unpaired) electrons. The van der Waals surface area contributed by atoms with Crippen molar-refractivity contribution in [1.82, 2.24) is 15.1 Å². The van der Waals surface area contributed by atoms with E-state index in [0.29, 0.717) is 23.7 Å². The van der Waals surface area contributed by atoms with Crippen LogP contribution in [0.3, 0.4) is 0 Å². The van der Waals surface area contributed by atoms with Crippen LogP contribution >= 0.6 is 11.3 Å². The first kappa shape index (κ1) is 18.2. The molecule has 1 unspecified atom stereocenters. The number of likely N-dealkylation sites (tertiary alicyclic amines) is 1. The summed E-state index contributed by atoms with van der Waals surface area (Å²) in [7, 11) is 0.533. The second-order valence-corrected chi connectivity index (χ2v) is 9.60. The van der Waals surface area contributed by atoms with Crippen LogP contribution in [0.1, 0.15) is 18.4 Å². The molecule has 0 aliphatic carbocycles. The van der Waals surface area contributed by atoms with Crippen LogP contribution in [0.5, 0.6) is 0 Å². The third-order valence-electron chi connectivity index (χ3n) is 3.93. The van der Waals surface area contributed by atoms with Gasteiger partial charge < -0.3 is 15.1 Å². The number of aryl methyl sites for hydroxylation is 1. The molecule has 1 fully saturated rings. The van der Waals surface area contributed by atoms with Crippen LogP contribution in [0.25, 0.3) is 0 Å². The number of likely N-dealkylation sites (N-methyl/N-ethyl adjacent to an activating group) is 1. The van der Waals surface area contributed by atoms with Gasteiger partial charge in [-0.2, -0.15) is 0 Å². The van der Waals surface area contributed by atoms with Gasteiger partial charge in [-0.15, -0.1) is 11.3 Å². The first-order chi connectivity index (χ1) is 10.8. The minimum atomic E-state index is -3.35. The van der Waals surface area contributed by atoms with Gasteiger partial charge in [-0.3, -0.25) is 0 Å². The van der Waals surface area contributed by atoms with Crippen molar-refractivity contribution in [2.75, 3.05) is 40.3 Å². The first-order valence-corrected chi connectivity index (χ1v) is 10.2. The summed E-state index contributed by atoms with van der Waals surface area (Å²) in [5, 5.41) is 4.20. The molecule has 0 saturated carbocycles. The Labute approximate surface area is 142 Å². The minimum absolute atomic E-state index is 0.172. The summed E-state index contributed by atoms with van der Waals surface area (Å²) in [6, 6.07) is 1.55. The molecule has 0 bridgehead atoms. The largest absolute Gasteiger partial charge is 0.337 e. The Kier molecular flexibility index (Phi) is 6.05. The van der Waals surface area contributed by atoms with Gasteiger partial charge in [0.25, 0.3) is 0 Å². The fourth-order valence-electron chi connectivity index (χ4n) is 2.59. The topological polar surface area (TPSA) is 69.7 Å². The Balaban J connectivity index is 1.99. The molecular formula is C15H25N3O3S2. The predicted molar refractivity (Wildman–Crippen MR) is 92.8 cm³/mol. The van der Waals surface area contributed by atoms with Gasteiger partial charge in [0.15, 0.2) is 9.84 Å². The molecule has 2 rings (SSSR count). The molecule has 0 aromatic carbocycles. The van der Waals surface area contributed by atoms with Gasteiger partial charge in [0.05, 0.1) is 5.25 Å². The molecule has 1 aromatic rings. The monoisotopic (exact) mass is 359 g/mol. The number of hydrogen-bond donors (Lipinski definition) is 1. The Morgan fingerprint density at radius 1 is 1.48 bits per heavy atom. The third-order valence-corrected chi connectivity index (χ3v) is 7.69. The van der Waals surface area contributed by atoms with Crippen LogP contribution in [-0.2, 0) is 9.84 Å². The smallest absolute Gasteiger partial charge is 0.317 e. The molecule has 130 valence electrons. The van der Waals surface area contributed by atoms with E-state index in [1.54, 1.807) is 11.0 Å². The van der Waals surface area contributed by atoms with E-state index in [-0.39, 0.29) is 12.6 Å². The zero-order valence-corrected chi connectivity index (χ0v) is 15.5. The lowest BCUT2D eigenvalue weighted by atomic mass is 10.1. The summed E-state index contributed by atoms with van der Waals surface area (Å²) in [5.74, 6) is 0. The summed E-state index contributed by atoms with van der Waals surface area (Å²) in [5.41, 5.74) is 0.961. The first-order valence-electron chi connectivity index (χ1n) is 7.77. The standard InChI is InChI=1S/C15H25N3O3S2/c1-12-9-14(22-11-12)23(20,21)13-5-4-7-18(10-13)15(19)16-6-8-17(2)3/h9,11,13H,4-8,10H2,1-3H3,(H,16,19). The van der Waals surface area contributed by atoms with Crippen molar-refractivity contribution in [2.45, 2.75) is 29.2 Å². The summed E-state index contributed by atoms with van der Waals surface area (Å²) in [6.07, 6.45) is 1.33. The third kappa shape index (κ3) is 4.68. The zero-order chi connectivity index (χ0) is 17.0. The normalized spacial score (nSPS) is 19.1. The van der Waals surface area contributed by atoms with Gasteiger partial charge in [-0.05, 0) is 50.9 Å². The Bertz CT molecular complexity index is 640. The van der Waals surface area contributed by atoms with E-state index in [2.05, 4.69) is 5.32 Å². The van der Waals surface area contributed by atoms with Crippen molar-refractivity contribution in [3.05, 3.63) is 17.0 Å². The maximum absolute atomic E-state index is 12.7. The SMILES string of the molecule is Cc1csc(S(=O)(=O)C2CCCN(C(=O)NCCN(C)C)C2)c1. The van der Waals surface area contributed by atoms with E-state index in [4.69, 9.17) is 0 Å². The summed E-state index contributed by atoms with van der Waals surface area (Å²) in [4.78, 5) is 15.8. The predicted octanol–water partition coefficient (Wildman–Crippen LogP) is 1.57. The molecular weight excluding hydrogens is 334 g/mol. The second-order valence-electron chi connectivity index (χ2n) is 6.23. The van der Waals surface area contributed by atoms with E-state index in [1.165, 1.54) is 11.3 Å². The van der Waals surface area contributed by atoms with E-state index >= 15 is 0 Å². The van der Waals surface area contributed by atoms with Gasteiger partial charge in [-0.1, -0.05) is 0 Å². The van der Waals surface area contributed by atoms with Crippen molar-refractivity contribution >= 4 is 27.2 Å². The average molecular weight is 360 g/mol. The number of carbonyl (C=O) groups excluding carboxylic acids is 1. The quantitative estimate of drug-likeness (QED) is 0.866. The molecule has 1 aliphatic rings. The average Bonchev–Trinajstić information content (AvgIpc) is 2.94. The molecule has 2 heterocycles. The molecule has 6 nitrogen and oxygen atoms in total. The molecule has 1 saturated heterocycles. The summed E-state index contributed by atoms with van der Waals surface area (Å²) < 4.78 is 25.8. The van der Waals surface area contributed by atoms with E-state index in [9.17, 15) is 13.2 Å². The number of urea groups is 1. The lowest BCUT2D eigenvalue weighted by Gasteiger charge is -2.32. The van der Waals surface area contributed by atoms with Crippen molar-refractivity contribution in [1.29, 1.82) is 0 Å². The fourth-order valence-corrected chi connectivity index (χ4v) is 5.84. The molecule has 23 heavy (non-hydrogen) atoms. The Morgan fingerprint density at radius 2 is 2.22 bits per heavy atom. The van der Waals surface area contributed by atoms with Gasteiger partial charge in [0.2, 0.25) is 0 Å². The van der Waals surface area contributed by atoms with Crippen LogP contribution in [0.4, 0.5) is 4.79 Å². The van der Waals surface area contributed by atoms with Crippen LogP contribution in [0, 0.1) is 6.92 Å². The Hall–Kier alpha value is -1.12. The van der Waals surface area contributed by atoms with Crippen LogP contribution in [0.2, 0.25) is 0 Å². The number of amides is 2. The maximum Gasteiger partial charge on any atom is 0.317 e.